The van der Waals surface area contributed by atoms with Crippen molar-refractivity contribution in [3.8, 4) is 0 Å². The average Bonchev–Trinajstić information content (AvgIpc) is 2.50. The van der Waals surface area contributed by atoms with Gasteiger partial charge >= 0.3 is 0 Å². The molecular formula is C13H18N4O4. The summed E-state index contributed by atoms with van der Waals surface area (Å²) >= 11 is 0. The van der Waals surface area contributed by atoms with Crippen LogP contribution >= 0.6 is 0 Å². The van der Waals surface area contributed by atoms with Crippen molar-refractivity contribution < 1.29 is 14.4 Å². The molecule has 1 N–H and O–H groups in total. The van der Waals surface area contributed by atoms with Crippen molar-refractivity contribution in [2.24, 2.45) is 0 Å². The number of nitrogens with one attached hydrogen (secondary N) is 1. The van der Waals surface area contributed by atoms with E-state index in [1.54, 1.807) is 31.5 Å². The predicted molar refractivity (Wildman–Crippen MR) is 74.5 cm³/mol. The lowest BCUT2D eigenvalue weighted by Crippen LogP contribution is -2.58. The highest BCUT2D eigenvalue weighted by molar-refractivity contribution is 5.12. The van der Waals surface area contributed by atoms with Gasteiger partial charge < -0.3 is 19.7 Å². The number of methoxy groups -OCH3 is 2. The van der Waals surface area contributed by atoms with Crippen molar-refractivity contribution in [1.82, 2.24) is 15.2 Å². The zero-order valence-corrected chi connectivity index (χ0v) is 12.0. The number of hydrogen-bond donors (Lipinski definition) is 1. The van der Waals surface area contributed by atoms with E-state index in [1.165, 1.54) is 0 Å². The van der Waals surface area contributed by atoms with Gasteiger partial charge in [0.05, 0.1) is 18.0 Å². The van der Waals surface area contributed by atoms with Gasteiger partial charge in [0, 0.05) is 33.2 Å². The Labute approximate surface area is 122 Å². The van der Waals surface area contributed by atoms with Crippen LogP contribution in [-0.2, 0) is 16.0 Å². The fourth-order valence-electron chi connectivity index (χ4n) is 2.21. The molecule has 1 saturated heterocycles. The molecule has 8 nitrogen and oxygen atoms in total. The molecule has 0 aromatic carbocycles. The highest BCUT2D eigenvalue weighted by atomic mass is 16.7. The van der Waals surface area contributed by atoms with Crippen LogP contribution in [0.2, 0.25) is 0 Å². The van der Waals surface area contributed by atoms with Gasteiger partial charge in [-0.15, -0.1) is 0 Å². The van der Waals surface area contributed by atoms with E-state index in [0.717, 1.165) is 11.8 Å². The topological polar surface area (TPSA) is 89.8 Å². The maximum absolute atomic E-state index is 10.8. The minimum Gasteiger partial charge on any atom is -0.361 e. The Morgan fingerprint density at radius 3 is 2.90 bits per heavy atom. The van der Waals surface area contributed by atoms with Crippen LogP contribution < -0.4 is 5.32 Å². The maximum Gasteiger partial charge on any atom is 0.274 e. The summed E-state index contributed by atoms with van der Waals surface area (Å²) in [5.74, 6) is -0.413. The minimum atomic E-state index is -0.837. The van der Waals surface area contributed by atoms with E-state index in [-0.39, 0.29) is 0 Å². The molecule has 114 valence electrons. The first-order valence-electron chi connectivity index (χ1n) is 6.42. The van der Waals surface area contributed by atoms with Crippen LogP contribution in [0.4, 0.5) is 0 Å². The highest BCUT2D eigenvalue weighted by Crippen LogP contribution is 2.22. The van der Waals surface area contributed by atoms with Crippen LogP contribution in [0.1, 0.15) is 5.56 Å². The van der Waals surface area contributed by atoms with Crippen molar-refractivity contribution in [1.29, 1.82) is 0 Å². The van der Waals surface area contributed by atoms with E-state index < -0.39 is 10.7 Å². The maximum atomic E-state index is 10.8. The van der Waals surface area contributed by atoms with Crippen LogP contribution in [0.3, 0.4) is 0 Å². The number of ether oxygens (including phenoxy) is 2. The smallest absolute Gasteiger partial charge is 0.274 e. The largest absolute Gasteiger partial charge is 0.361 e. The Hall–Kier alpha value is -2.19. The number of aromatic nitrogens is 1. The molecule has 1 aliphatic heterocycles. The van der Waals surface area contributed by atoms with Crippen LogP contribution in [-0.4, -0.2) is 47.9 Å². The van der Waals surface area contributed by atoms with Crippen molar-refractivity contribution in [3.05, 3.63) is 52.2 Å². The third-order valence-electron chi connectivity index (χ3n) is 3.38. The Kier molecular flexibility index (Phi) is 4.71. The second-order valence-electron chi connectivity index (χ2n) is 4.69. The molecule has 0 atom stereocenters. The number of hydrogen-bond acceptors (Lipinski definition) is 7. The van der Waals surface area contributed by atoms with Crippen LogP contribution in [0, 0.1) is 10.1 Å². The molecule has 1 aromatic heterocycles. The van der Waals surface area contributed by atoms with E-state index in [1.807, 2.05) is 12.1 Å². The fourth-order valence-corrected chi connectivity index (χ4v) is 2.21. The van der Waals surface area contributed by atoms with Gasteiger partial charge in [0.15, 0.2) is 5.82 Å². The molecule has 0 radical (unpaired) electrons. The predicted octanol–water partition coefficient (Wildman–Crippen LogP) is 0.551. The van der Waals surface area contributed by atoms with Crippen molar-refractivity contribution in [2.75, 3.05) is 27.3 Å². The van der Waals surface area contributed by atoms with Gasteiger partial charge in [-0.25, -0.2) is 0 Å². The van der Waals surface area contributed by atoms with Gasteiger partial charge in [-0.3, -0.25) is 15.1 Å². The number of nitrogens with zero attached hydrogens (tertiary/aromatic N) is 3. The van der Waals surface area contributed by atoms with Gasteiger partial charge in [-0.05, 0) is 11.6 Å². The number of rotatable bonds is 5. The van der Waals surface area contributed by atoms with Gasteiger partial charge in [0.25, 0.3) is 6.20 Å². The molecule has 0 unspecified atom stereocenters. The first kappa shape index (κ1) is 15.2. The molecule has 0 saturated carbocycles. The Balaban J connectivity index is 2.22. The molecule has 0 bridgehead atoms. The molecule has 21 heavy (non-hydrogen) atoms. The van der Waals surface area contributed by atoms with Gasteiger partial charge in [-0.1, -0.05) is 6.07 Å². The molecular weight excluding hydrogens is 276 g/mol. The summed E-state index contributed by atoms with van der Waals surface area (Å²) < 4.78 is 10.8. The fraction of sp³-hybridized carbons (Fsp3) is 0.462. The lowest BCUT2D eigenvalue weighted by atomic mass is 10.1. The van der Waals surface area contributed by atoms with Crippen molar-refractivity contribution in [3.63, 3.8) is 0 Å². The minimum absolute atomic E-state index is 0.337. The second-order valence-corrected chi connectivity index (χ2v) is 4.69. The Morgan fingerprint density at radius 1 is 1.57 bits per heavy atom. The van der Waals surface area contributed by atoms with Crippen molar-refractivity contribution in [2.45, 2.75) is 12.3 Å². The molecule has 0 spiro atoms. The molecule has 1 aliphatic rings. The summed E-state index contributed by atoms with van der Waals surface area (Å²) in [5, 5.41) is 13.7. The summed E-state index contributed by atoms with van der Waals surface area (Å²) in [6, 6.07) is 3.73. The number of pyridine rings is 1. The summed E-state index contributed by atoms with van der Waals surface area (Å²) in [5.41, 5.74) is 0.941. The quantitative estimate of drug-likeness (QED) is 0.482. The molecule has 2 rings (SSSR count). The Bertz CT molecular complexity index is 516. The second kappa shape index (κ2) is 6.51. The first-order valence-corrected chi connectivity index (χ1v) is 6.42. The standard InChI is InChI=1S/C13H18N4O4/c1-20-13(21-2)9-15-12(8-17(18)19)16(10-13)7-11-4-3-5-14-6-11/h3-6,8,15H,7,9-10H2,1-2H3. The molecule has 8 heteroatoms. The summed E-state index contributed by atoms with van der Waals surface area (Å²) in [4.78, 5) is 16.1. The molecule has 2 heterocycles. The van der Waals surface area contributed by atoms with Gasteiger partial charge in [0.1, 0.15) is 0 Å². The summed E-state index contributed by atoms with van der Waals surface area (Å²) in [6.45, 7) is 1.18. The zero-order valence-electron chi connectivity index (χ0n) is 12.0. The van der Waals surface area contributed by atoms with Crippen LogP contribution in [0.25, 0.3) is 0 Å². The molecule has 1 aromatic rings. The third kappa shape index (κ3) is 3.67. The van der Waals surface area contributed by atoms with E-state index >= 15 is 0 Å². The summed E-state index contributed by atoms with van der Waals surface area (Å²) in [6.07, 6.45) is 4.35. The third-order valence-corrected chi connectivity index (χ3v) is 3.38. The average molecular weight is 294 g/mol. The van der Waals surface area contributed by atoms with Crippen molar-refractivity contribution >= 4 is 0 Å². The van der Waals surface area contributed by atoms with Gasteiger partial charge in [-0.2, -0.15) is 0 Å². The Morgan fingerprint density at radius 2 is 2.33 bits per heavy atom. The van der Waals surface area contributed by atoms with E-state index in [4.69, 9.17) is 9.47 Å². The first-order chi connectivity index (χ1) is 10.1. The SMILES string of the molecule is COC1(OC)CNC(=C[N+](=O)[O-])N(Cc2cccnc2)C1. The molecule has 0 amide bonds. The lowest BCUT2D eigenvalue weighted by molar-refractivity contribution is -0.405. The molecule has 1 fully saturated rings. The lowest BCUT2D eigenvalue weighted by Gasteiger charge is -2.42. The van der Waals surface area contributed by atoms with Gasteiger partial charge in [0.2, 0.25) is 5.79 Å². The zero-order chi connectivity index (χ0) is 15.3. The summed E-state index contributed by atoms with van der Waals surface area (Å²) in [7, 11) is 3.10. The van der Waals surface area contributed by atoms with E-state index in [2.05, 4.69) is 10.3 Å². The number of nitro groups is 1. The van der Waals surface area contributed by atoms with E-state index in [0.29, 0.717) is 25.5 Å². The monoisotopic (exact) mass is 294 g/mol. The van der Waals surface area contributed by atoms with Crippen LogP contribution in [0.5, 0.6) is 0 Å². The highest BCUT2D eigenvalue weighted by Gasteiger charge is 2.38. The van der Waals surface area contributed by atoms with E-state index in [9.17, 15) is 10.1 Å². The molecule has 0 aliphatic carbocycles. The van der Waals surface area contributed by atoms with Crippen LogP contribution in [0.15, 0.2) is 36.5 Å². The normalized spacial score (nSPS) is 19.3.